The maximum Gasteiger partial charge on any atom is 0.189 e. The quantitative estimate of drug-likeness (QED) is 0.641. The van der Waals surface area contributed by atoms with Crippen LogP contribution in [0.5, 0.6) is 5.75 Å². The van der Waals surface area contributed by atoms with E-state index in [4.69, 9.17) is 14.2 Å². The number of ether oxygens (including phenoxy) is 3. The van der Waals surface area contributed by atoms with Crippen LogP contribution in [0, 0.1) is 13.8 Å². The smallest absolute Gasteiger partial charge is 0.189 e. The zero-order valence-electron chi connectivity index (χ0n) is 16.2. The highest BCUT2D eigenvalue weighted by molar-refractivity contribution is 5.83. The first-order chi connectivity index (χ1) is 13.1. The largest absolute Gasteiger partial charge is 0.497 e. The van der Waals surface area contributed by atoms with Gasteiger partial charge in [0.25, 0.3) is 0 Å². The summed E-state index contributed by atoms with van der Waals surface area (Å²) >= 11 is 0. The molecule has 1 N–H and O–H groups in total. The third-order valence-electron chi connectivity index (χ3n) is 4.12. The maximum atomic E-state index is 5.28. The van der Waals surface area contributed by atoms with E-state index >= 15 is 0 Å². The lowest BCUT2D eigenvalue weighted by Gasteiger charge is -2.17. The number of rotatable bonds is 8. The minimum Gasteiger partial charge on any atom is -0.497 e. The summed E-state index contributed by atoms with van der Waals surface area (Å²) in [6.45, 7) is 4.78. The number of hydrogen-bond acceptors (Lipinski definition) is 8. The molecule has 0 aliphatic carbocycles. The van der Waals surface area contributed by atoms with Crippen LogP contribution in [-0.2, 0) is 9.47 Å². The summed E-state index contributed by atoms with van der Waals surface area (Å²) < 4.78 is 17.5. The molecule has 3 aromatic rings. The van der Waals surface area contributed by atoms with E-state index in [0.29, 0.717) is 36.0 Å². The predicted octanol–water partition coefficient (Wildman–Crippen LogP) is 1.91. The highest BCUT2D eigenvalue weighted by atomic mass is 16.5. The van der Waals surface area contributed by atoms with Gasteiger partial charge < -0.3 is 19.5 Å². The van der Waals surface area contributed by atoms with E-state index < -0.39 is 0 Å². The number of fused-ring (bicyclic) bond motifs is 1. The van der Waals surface area contributed by atoms with Crippen molar-refractivity contribution in [3.8, 4) is 11.4 Å². The van der Waals surface area contributed by atoms with Gasteiger partial charge in [-0.15, -0.1) is 5.10 Å². The molecule has 3 rings (SSSR count). The molecule has 2 heterocycles. The molecular formula is C18H24N6O3. The Balaban J connectivity index is 2.05. The fraction of sp³-hybridized carbons (Fsp3) is 0.444. The van der Waals surface area contributed by atoms with Gasteiger partial charge in [-0.3, -0.25) is 0 Å². The number of anilines is 1. The van der Waals surface area contributed by atoms with Crippen LogP contribution in [0.4, 0.5) is 5.82 Å². The van der Waals surface area contributed by atoms with Gasteiger partial charge in [0.1, 0.15) is 11.6 Å². The predicted molar refractivity (Wildman–Crippen MR) is 102 cm³/mol. The minimum atomic E-state index is -0.0645. The third-order valence-corrected chi connectivity index (χ3v) is 4.12. The van der Waals surface area contributed by atoms with Crippen LogP contribution in [0.2, 0.25) is 0 Å². The van der Waals surface area contributed by atoms with Crippen LogP contribution in [0.25, 0.3) is 16.9 Å². The number of hydrogen-bond donors (Lipinski definition) is 1. The lowest BCUT2D eigenvalue weighted by molar-refractivity contribution is 0.126. The lowest BCUT2D eigenvalue weighted by Crippen LogP contribution is -2.30. The van der Waals surface area contributed by atoms with Gasteiger partial charge in [-0.25, -0.2) is 9.97 Å². The average molecular weight is 372 g/mol. The standard InChI is InChI=1S/C18H24N6O3/c1-11-8-14(27-5)6-7-15(11)24-18-16(22-23-24)17(19-12(2)20-18)21-13(9-25-3)10-26-4/h6-8,13H,9-10H2,1-5H3,(H,19,20,21). The average Bonchev–Trinajstić information content (AvgIpc) is 3.05. The zero-order chi connectivity index (χ0) is 19.4. The van der Waals surface area contributed by atoms with Gasteiger partial charge in [-0.05, 0) is 37.6 Å². The summed E-state index contributed by atoms with van der Waals surface area (Å²) in [5, 5.41) is 11.9. The van der Waals surface area contributed by atoms with Crippen molar-refractivity contribution in [2.75, 3.05) is 39.9 Å². The molecule has 0 spiro atoms. The van der Waals surface area contributed by atoms with E-state index in [1.54, 1.807) is 26.0 Å². The number of methoxy groups -OCH3 is 3. The Morgan fingerprint density at radius 2 is 1.81 bits per heavy atom. The van der Waals surface area contributed by atoms with E-state index in [2.05, 4.69) is 25.6 Å². The molecule has 27 heavy (non-hydrogen) atoms. The number of nitrogens with zero attached hydrogens (tertiary/aromatic N) is 5. The zero-order valence-corrected chi connectivity index (χ0v) is 16.2. The molecule has 0 aliphatic heterocycles. The topological polar surface area (TPSA) is 96.2 Å². The molecule has 0 bridgehead atoms. The van der Waals surface area contributed by atoms with E-state index in [0.717, 1.165) is 17.0 Å². The maximum absolute atomic E-state index is 5.28. The second-order valence-electron chi connectivity index (χ2n) is 6.20. The number of nitrogens with one attached hydrogen (secondary N) is 1. The van der Waals surface area contributed by atoms with E-state index in [-0.39, 0.29) is 6.04 Å². The van der Waals surface area contributed by atoms with Gasteiger partial charge in [-0.1, -0.05) is 5.21 Å². The lowest BCUT2D eigenvalue weighted by atomic mass is 10.2. The third kappa shape index (κ3) is 3.99. The molecule has 0 fully saturated rings. The number of benzene rings is 1. The summed E-state index contributed by atoms with van der Waals surface area (Å²) in [6, 6.07) is 5.70. The molecule has 144 valence electrons. The fourth-order valence-corrected chi connectivity index (χ4v) is 2.91. The molecule has 2 aromatic heterocycles. The molecule has 0 radical (unpaired) electrons. The molecule has 9 heteroatoms. The molecule has 9 nitrogen and oxygen atoms in total. The van der Waals surface area contributed by atoms with Crippen molar-refractivity contribution in [1.29, 1.82) is 0 Å². The molecular weight excluding hydrogens is 348 g/mol. The Bertz CT molecular complexity index is 921. The first-order valence-corrected chi connectivity index (χ1v) is 8.56. The van der Waals surface area contributed by atoms with Crippen molar-refractivity contribution in [1.82, 2.24) is 25.0 Å². The highest BCUT2D eigenvalue weighted by Gasteiger charge is 2.18. The van der Waals surface area contributed by atoms with Crippen LogP contribution >= 0.6 is 0 Å². The summed E-state index contributed by atoms with van der Waals surface area (Å²) in [5.74, 6) is 2.01. The van der Waals surface area contributed by atoms with Gasteiger partial charge in [0.05, 0.1) is 32.1 Å². The van der Waals surface area contributed by atoms with Crippen molar-refractivity contribution in [3.05, 3.63) is 29.6 Å². The van der Waals surface area contributed by atoms with Crippen LogP contribution in [0.1, 0.15) is 11.4 Å². The molecule has 0 amide bonds. The molecule has 0 saturated heterocycles. The minimum absolute atomic E-state index is 0.0645. The summed E-state index contributed by atoms with van der Waals surface area (Å²) in [4.78, 5) is 9.04. The van der Waals surface area contributed by atoms with Crippen LogP contribution in [0.15, 0.2) is 18.2 Å². The molecule has 0 aliphatic rings. The van der Waals surface area contributed by atoms with E-state index in [9.17, 15) is 0 Å². The Morgan fingerprint density at radius 3 is 2.44 bits per heavy atom. The molecule has 0 saturated carbocycles. The first-order valence-electron chi connectivity index (χ1n) is 8.56. The van der Waals surface area contributed by atoms with Gasteiger partial charge in [0.2, 0.25) is 0 Å². The van der Waals surface area contributed by atoms with Crippen LogP contribution < -0.4 is 10.1 Å². The van der Waals surface area contributed by atoms with Gasteiger partial charge in [-0.2, -0.15) is 4.68 Å². The second kappa shape index (κ2) is 8.28. The molecule has 0 atom stereocenters. The summed E-state index contributed by atoms with van der Waals surface area (Å²) in [6.07, 6.45) is 0. The van der Waals surface area contributed by atoms with Gasteiger partial charge in [0.15, 0.2) is 17.0 Å². The number of aryl methyl sites for hydroxylation is 2. The van der Waals surface area contributed by atoms with E-state index in [1.807, 2.05) is 32.0 Å². The SMILES string of the molecule is COCC(COC)Nc1nc(C)nc2c1nnn2-c1ccc(OC)cc1C. The summed E-state index contributed by atoms with van der Waals surface area (Å²) in [7, 11) is 4.94. The Kier molecular flexibility index (Phi) is 5.82. The first kappa shape index (κ1) is 19.0. The van der Waals surface area contributed by atoms with Gasteiger partial charge in [0, 0.05) is 14.2 Å². The van der Waals surface area contributed by atoms with Crippen LogP contribution in [0.3, 0.4) is 0 Å². The van der Waals surface area contributed by atoms with E-state index in [1.165, 1.54) is 0 Å². The van der Waals surface area contributed by atoms with Crippen molar-refractivity contribution in [2.24, 2.45) is 0 Å². The Labute approximate surface area is 157 Å². The monoisotopic (exact) mass is 372 g/mol. The summed E-state index contributed by atoms with van der Waals surface area (Å²) in [5.41, 5.74) is 3.11. The number of aromatic nitrogens is 5. The Hall–Kier alpha value is -2.78. The molecule has 0 unspecified atom stereocenters. The fourth-order valence-electron chi connectivity index (χ4n) is 2.91. The molecule has 1 aromatic carbocycles. The second-order valence-corrected chi connectivity index (χ2v) is 6.20. The van der Waals surface area contributed by atoms with Crippen molar-refractivity contribution >= 4 is 17.0 Å². The van der Waals surface area contributed by atoms with Gasteiger partial charge >= 0.3 is 0 Å². The van der Waals surface area contributed by atoms with Crippen LogP contribution in [-0.4, -0.2) is 65.5 Å². The van der Waals surface area contributed by atoms with Crippen molar-refractivity contribution < 1.29 is 14.2 Å². The van der Waals surface area contributed by atoms with Crippen molar-refractivity contribution in [2.45, 2.75) is 19.9 Å². The van der Waals surface area contributed by atoms with Crippen molar-refractivity contribution in [3.63, 3.8) is 0 Å². The normalized spacial score (nSPS) is 11.3. The Morgan fingerprint density at radius 1 is 1.07 bits per heavy atom. The highest BCUT2D eigenvalue weighted by Crippen LogP contribution is 2.25.